The van der Waals surface area contributed by atoms with Gasteiger partial charge in [-0.15, -0.1) is 0 Å². The summed E-state index contributed by atoms with van der Waals surface area (Å²) in [7, 11) is 0. The fourth-order valence-electron chi connectivity index (χ4n) is 2.09. The summed E-state index contributed by atoms with van der Waals surface area (Å²) in [6.07, 6.45) is 0. The van der Waals surface area contributed by atoms with Gasteiger partial charge in [0.25, 0.3) is 5.91 Å². The van der Waals surface area contributed by atoms with Gasteiger partial charge in [0.05, 0.1) is 11.4 Å². The van der Waals surface area contributed by atoms with Gasteiger partial charge in [-0.25, -0.2) is 4.39 Å². The number of hydrogen-bond acceptors (Lipinski definition) is 2. The Morgan fingerprint density at radius 1 is 1.17 bits per heavy atom. The minimum atomic E-state index is -0.508. The summed E-state index contributed by atoms with van der Waals surface area (Å²) in [5, 5.41) is 9.33. The fraction of sp³-hybridized carbons (Fsp3) is 0.0588. The van der Waals surface area contributed by atoms with Crippen molar-refractivity contribution in [2.75, 3.05) is 5.32 Å². The van der Waals surface area contributed by atoms with E-state index in [-0.39, 0.29) is 11.4 Å². The number of carbonyl (C=O) groups is 1. The Morgan fingerprint density at radius 2 is 1.91 bits per heavy atom. The van der Waals surface area contributed by atoms with E-state index in [2.05, 4.69) is 31.4 Å². The molecule has 2 N–H and O–H groups in total. The van der Waals surface area contributed by atoms with Crippen molar-refractivity contribution < 1.29 is 9.18 Å². The summed E-state index contributed by atoms with van der Waals surface area (Å²) in [5.41, 5.74) is 3.09. The maximum atomic E-state index is 13.8. The molecule has 0 spiro atoms. The van der Waals surface area contributed by atoms with E-state index in [0.29, 0.717) is 10.2 Å². The summed E-state index contributed by atoms with van der Waals surface area (Å²) < 4.78 is 14.4. The van der Waals surface area contributed by atoms with Crippen LogP contribution in [0.1, 0.15) is 16.1 Å². The monoisotopic (exact) mass is 373 g/mol. The molecule has 0 aliphatic heterocycles. The van der Waals surface area contributed by atoms with Crippen LogP contribution in [0.5, 0.6) is 0 Å². The predicted octanol–water partition coefficient (Wildman–Crippen LogP) is 4.54. The van der Waals surface area contributed by atoms with E-state index in [0.717, 1.165) is 11.1 Å². The summed E-state index contributed by atoms with van der Waals surface area (Å²) in [5.74, 6) is -0.955. The number of halogens is 2. The number of carbonyl (C=O) groups excluding carboxylic acids is 1. The first-order valence-corrected chi connectivity index (χ1v) is 7.71. The van der Waals surface area contributed by atoms with E-state index in [1.54, 1.807) is 12.1 Å². The SMILES string of the molecule is Cc1ccc(-c2cc(C(=O)Nc3ccc(Br)cc3F)[nH]n2)cc1. The maximum absolute atomic E-state index is 13.8. The highest BCUT2D eigenvalue weighted by Gasteiger charge is 2.13. The molecule has 4 nitrogen and oxygen atoms in total. The van der Waals surface area contributed by atoms with Gasteiger partial charge >= 0.3 is 0 Å². The molecule has 0 fully saturated rings. The third-order valence-electron chi connectivity index (χ3n) is 3.35. The number of hydrogen-bond donors (Lipinski definition) is 2. The molecule has 23 heavy (non-hydrogen) atoms. The largest absolute Gasteiger partial charge is 0.318 e. The van der Waals surface area contributed by atoms with Gasteiger partial charge < -0.3 is 5.32 Å². The third-order valence-corrected chi connectivity index (χ3v) is 3.84. The van der Waals surface area contributed by atoms with Crippen LogP contribution in [0.25, 0.3) is 11.3 Å². The fourth-order valence-corrected chi connectivity index (χ4v) is 2.42. The Kier molecular flexibility index (Phi) is 4.25. The van der Waals surface area contributed by atoms with Crippen LogP contribution >= 0.6 is 15.9 Å². The van der Waals surface area contributed by atoms with Gasteiger partial charge in [0.2, 0.25) is 0 Å². The highest BCUT2D eigenvalue weighted by Crippen LogP contribution is 2.21. The minimum absolute atomic E-state index is 0.115. The predicted molar refractivity (Wildman–Crippen MR) is 90.8 cm³/mol. The molecule has 3 aromatic rings. The van der Waals surface area contributed by atoms with E-state index < -0.39 is 11.7 Å². The number of aromatic amines is 1. The van der Waals surface area contributed by atoms with Crippen LogP contribution in [0, 0.1) is 12.7 Å². The van der Waals surface area contributed by atoms with Crippen LogP contribution < -0.4 is 5.32 Å². The highest BCUT2D eigenvalue weighted by molar-refractivity contribution is 9.10. The number of rotatable bonds is 3. The lowest BCUT2D eigenvalue weighted by Crippen LogP contribution is -2.13. The van der Waals surface area contributed by atoms with Gasteiger partial charge in [-0.05, 0) is 31.2 Å². The van der Waals surface area contributed by atoms with Gasteiger partial charge in [-0.2, -0.15) is 5.10 Å². The van der Waals surface area contributed by atoms with E-state index >= 15 is 0 Å². The van der Waals surface area contributed by atoms with Gasteiger partial charge in [-0.1, -0.05) is 45.8 Å². The second kappa shape index (κ2) is 6.34. The van der Waals surface area contributed by atoms with Crippen LogP contribution in [0.15, 0.2) is 53.0 Å². The molecular formula is C17H13BrFN3O. The molecule has 1 aromatic heterocycles. The smallest absolute Gasteiger partial charge is 0.273 e. The van der Waals surface area contributed by atoms with Crippen LogP contribution in [-0.2, 0) is 0 Å². The Hall–Kier alpha value is -2.47. The number of amides is 1. The Labute approximate surface area is 140 Å². The Bertz CT molecular complexity index is 859. The lowest BCUT2D eigenvalue weighted by atomic mass is 10.1. The molecule has 0 saturated carbocycles. The highest BCUT2D eigenvalue weighted by atomic mass is 79.9. The molecule has 0 atom stereocenters. The van der Waals surface area contributed by atoms with Gasteiger partial charge in [0, 0.05) is 10.0 Å². The van der Waals surface area contributed by atoms with Crippen molar-refractivity contribution >= 4 is 27.5 Å². The normalized spacial score (nSPS) is 10.6. The summed E-state index contributed by atoms with van der Waals surface area (Å²) >= 11 is 3.17. The second-order valence-corrected chi connectivity index (χ2v) is 6.03. The zero-order chi connectivity index (χ0) is 16.4. The van der Waals surface area contributed by atoms with Crippen molar-refractivity contribution in [2.24, 2.45) is 0 Å². The van der Waals surface area contributed by atoms with E-state index in [1.807, 2.05) is 31.2 Å². The number of nitrogens with one attached hydrogen (secondary N) is 2. The Morgan fingerprint density at radius 3 is 2.61 bits per heavy atom. The standard InChI is InChI=1S/C17H13BrFN3O/c1-10-2-4-11(5-3-10)15-9-16(22-21-15)17(23)20-14-7-6-12(18)8-13(14)19/h2-9H,1H3,(H,20,23)(H,21,22). The average Bonchev–Trinajstić information content (AvgIpc) is 3.01. The van der Waals surface area contributed by atoms with Crippen LogP contribution in [0.2, 0.25) is 0 Å². The molecule has 2 aromatic carbocycles. The first-order chi connectivity index (χ1) is 11.0. The van der Waals surface area contributed by atoms with E-state index in [4.69, 9.17) is 0 Å². The zero-order valence-corrected chi connectivity index (χ0v) is 13.8. The van der Waals surface area contributed by atoms with Gasteiger partial charge in [0.1, 0.15) is 11.5 Å². The second-order valence-electron chi connectivity index (χ2n) is 5.11. The van der Waals surface area contributed by atoms with E-state index in [9.17, 15) is 9.18 Å². The minimum Gasteiger partial charge on any atom is -0.318 e. The van der Waals surface area contributed by atoms with Crippen molar-refractivity contribution in [3.05, 3.63) is 70.1 Å². The molecule has 0 saturated heterocycles. The van der Waals surface area contributed by atoms with Crippen molar-refractivity contribution in [1.82, 2.24) is 10.2 Å². The number of aryl methyl sites for hydroxylation is 1. The Balaban J connectivity index is 1.79. The molecule has 0 radical (unpaired) electrons. The van der Waals surface area contributed by atoms with Gasteiger partial charge in [0.15, 0.2) is 0 Å². The molecular weight excluding hydrogens is 361 g/mol. The number of H-pyrrole nitrogens is 1. The van der Waals surface area contributed by atoms with Crippen molar-refractivity contribution in [2.45, 2.75) is 6.92 Å². The molecule has 3 rings (SSSR count). The van der Waals surface area contributed by atoms with Crippen LogP contribution in [0.4, 0.5) is 10.1 Å². The zero-order valence-electron chi connectivity index (χ0n) is 12.2. The average molecular weight is 374 g/mol. The van der Waals surface area contributed by atoms with E-state index in [1.165, 1.54) is 12.1 Å². The molecule has 1 heterocycles. The van der Waals surface area contributed by atoms with Crippen molar-refractivity contribution in [3.63, 3.8) is 0 Å². The summed E-state index contributed by atoms with van der Waals surface area (Å²) in [6.45, 7) is 2.00. The molecule has 116 valence electrons. The summed E-state index contributed by atoms with van der Waals surface area (Å²) in [6, 6.07) is 13.9. The lowest BCUT2D eigenvalue weighted by molar-refractivity contribution is 0.102. The van der Waals surface area contributed by atoms with Crippen LogP contribution in [0.3, 0.4) is 0 Å². The molecule has 1 amide bonds. The first kappa shape index (κ1) is 15.4. The number of benzene rings is 2. The maximum Gasteiger partial charge on any atom is 0.273 e. The number of nitrogens with zero attached hydrogens (tertiary/aromatic N) is 1. The summed E-state index contributed by atoms with van der Waals surface area (Å²) in [4.78, 5) is 12.2. The lowest BCUT2D eigenvalue weighted by Gasteiger charge is -2.05. The molecule has 0 aliphatic rings. The molecule has 0 unspecified atom stereocenters. The number of anilines is 1. The van der Waals surface area contributed by atoms with Crippen molar-refractivity contribution in [3.8, 4) is 11.3 Å². The first-order valence-electron chi connectivity index (χ1n) is 6.92. The third kappa shape index (κ3) is 3.48. The number of aromatic nitrogens is 2. The molecule has 6 heteroatoms. The molecule has 0 bridgehead atoms. The quantitative estimate of drug-likeness (QED) is 0.707. The van der Waals surface area contributed by atoms with Crippen LogP contribution in [-0.4, -0.2) is 16.1 Å². The molecule has 0 aliphatic carbocycles. The van der Waals surface area contributed by atoms with Crippen molar-refractivity contribution in [1.29, 1.82) is 0 Å². The van der Waals surface area contributed by atoms with Gasteiger partial charge in [-0.3, -0.25) is 9.89 Å². The topological polar surface area (TPSA) is 57.8 Å².